The molecule has 1 aromatic carbocycles. The van der Waals surface area contributed by atoms with Gasteiger partial charge in [-0.1, -0.05) is 15.9 Å². The molecule has 0 radical (unpaired) electrons. The van der Waals surface area contributed by atoms with Crippen molar-refractivity contribution in [3.63, 3.8) is 0 Å². The number of carbonyl (C=O) groups excluding carboxylic acids is 1. The number of hydrogen-bond donors (Lipinski definition) is 1. The Morgan fingerprint density at radius 2 is 2.18 bits per heavy atom. The number of thioether (sulfide) groups is 1. The third-order valence-corrected chi connectivity index (χ3v) is 4.58. The van der Waals surface area contributed by atoms with Crippen molar-refractivity contribution in [3.05, 3.63) is 27.1 Å². The Morgan fingerprint density at radius 3 is 2.77 bits per heavy atom. The molecule has 1 amide bonds. The molecule has 1 aliphatic heterocycles. The number of hydrogen-bond acceptors (Lipinski definition) is 5. The third kappa shape index (κ3) is 3.30. The standard InChI is InChI=1S/C15H17BrN2O3S/c1-4-17-15-18(5-2)14(20)12(22-15)7-9-6-10(16)8-11(21-3)13(9)19/h6-8,19H,4-5H2,1-3H3/b12-7+,17-15?. The lowest BCUT2D eigenvalue weighted by atomic mass is 10.1. The maximum Gasteiger partial charge on any atom is 0.266 e. The third-order valence-electron chi connectivity index (χ3n) is 3.07. The number of rotatable bonds is 4. The molecule has 1 heterocycles. The average Bonchev–Trinajstić information content (AvgIpc) is 2.78. The summed E-state index contributed by atoms with van der Waals surface area (Å²) < 4.78 is 5.89. The fourth-order valence-corrected chi connectivity index (χ4v) is 3.59. The maximum atomic E-state index is 12.4. The highest BCUT2D eigenvalue weighted by Crippen LogP contribution is 2.38. The van der Waals surface area contributed by atoms with E-state index in [2.05, 4.69) is 20.9 Å². The number of ether oxygens (including phenoxy) is 1. The zero-order valence-corrected chi connectivity index (χ0v) is 15.0. The van der Waals surface area contributed by atoms with Crippen LogP contribution in [0.25, 0.3) is 6.08 Å². The number of halogens is 1. The van der Waals surface area contributed by atoms with Crippen molar-refractivity contribution >= 4 is 44.8 Å². The van der Waals surface area contributed by atoms with Gasteiger partial charge in [0.2, 0.25) is 0 Å². The SMILES string of the molecule is CCN=C1S/C(=C/c2cc(Br)cc(OC)c2O)C(=O)N1CC. The monoisotopic (exact) mass is 384 g/mol. The first kappa shape index (κ1) is 16.9. The lowest BCUT2D eigenvalue weighted by Gasteiger charge is -2.11. The lowest BCUT2D eigenvalue weighted by molar-refractivity contribution is -0.122. The Morgan fingerprint density at radius 1 is 1.45 bits per heavy atom. The largest absolute Gasteiger partial charge is 0.504 e. The van der Waals surface area contributed by atoms with Crippen LogP contribution in [0.4, 0.5) is 0 Å². The van der Waals surface area contributed by atoms with E-state index >= 15 is 0 Å². The van der Waals surface area contributed by atoms with Crippen molar-refractivity contribution in [1.29, 1.82) is 0 Å². The van der Waals surface area contributed by atoms with E-state index in [0.29, 0.717) is 34.5 Å². The van der Waals surface area contributed by atoms with Crippen LogP contribution in [0.15, 0.2) is 26.5 Å². The summed E-state index contributed by atoms with van der Waals surface area (Å²) in [6, 6.07) is 3.41. The zero-order valence-electron chi connectivity index (χ0n) is 12.6. The summed E-state index contributed by atoms with van der Waals surface area (Å²) in [4.78, 5) is 18.9. The summed E-state index contributed by atoms with van der Waals surface area (Å²) in [5.74, 6) is 0.264. The van der Waals surface area contributed by atoms with Crippen LogP contribution < -0.4 is 4.74 Å². The highest BCUT2D eigenvalue weighted by atomic mass is 79.9. The van der Waals surface area contributed by atoms with Crippen molar-refractivity contribution in [2.45, 2.75) is 13.8 Å². The van der Waals surface area contributed by atoms with Crippen LogP contribution in [-0.2, 0) is 4.79 Å². The molecule has 1 fully saturated rings. The molecular weight excluding hydrogens is 368 g/mol. The highest BCUT2D eigenvalue weighted by molar-refractivity contribution is 9.10. The number of aromatic hydroxyl groups is 1. The summed E-state index contributed by atoms with van der Waals surface area (Å²) in [7, 11) is 1.48. The van der Waals surface area contributed by atoms with Crippen molar-refractivity contribution in [1.82, 2.24) is 4.90 Å². The molecule has 0 aromatic heterocycles. The predicted molar refractivity (Wildman–Crippen MR) is 93.3 cm³/mol. The van der Waals surface area contributed by atoms with E-state index in [1.54, 1.807) is 23.1 Å². The number of aliphatic imine (C=N–C) groups is 1. The number of phenolic OH excluding ortho intramolecular Hbond substituents is 1. The lowest BCUT2D eigenvalue weighted by Crippen LogP contribution is -2.28. The van der Waals surface area contributed by atoms with E-state index in [-0.39, 0.29) is 11.7 Å². The van der Waals surface area contributed by atoms with Gasteiger partial charge in [0.05, 0.1) is 12.0 Å². The minimum atomic E-state index is -0.0990. The number of amides is 1. The van der Waals surface area contributed by atoms with Gasteiger partial charge in [-0.3, -0.25) is 14.7 Å². The molecule has 0 spiro atoms. The Bertz CT molecular complexity index is 658. The number of benzene rings is 1. The maximum absolute atomic E-state index is 12.4. The first-order valence-corrected chi connectivity index (χ1v) is 8.45. The molecular formula is C15H17BrN2O3S. The molecule has 1 aromatic rings. The van der Waals surface area contributed by atoms with Crippen molar-refractivity contribution in [3.8, 4) is 11.5 Å². The van der Waals surface area contributed by atoms with Gasteiger partial charge in [-0.15, -0.1) is 0 Å². The molecule has 0 saturated carbocycles. The van der Waals surface area contributed by atoms with E-state index in [1.165, 1.54) is 18.9 Å². The number of likely N-dealkylation sites (N-methyl/N-ethyl adjacent to an activating group) is 1. The Hall–Kier alpha value is -1.47. The summed E-state index contributed by atoms with van der Waals surface area (Å²) in [5, 5.41) is 10.9. The second kappa shape index (κ2) is 7.19. The van der Waals surface area contributed by atoms with Gasteiger partial charge in [-0.2, -0.15) is 0 Å². The van der Waals surface area contributed by atoms with Crippen LogP contribution in [0, 0.1) is 0 Å². The van der Waals surface area contributed by atoms with Gasteiger partial charge in [-0.05, 0) is 43.8 Å². The number of methoxy groups -OCH3 is 1. The van der Waals surface area contributed by atoms with Gasteiger partial charge < -0.3 is 9.84 Å². The second-order valence-electron chi connectivity index (χ2n) is 4.46. The van der Waals surface area contributed by atoms with Crippen LogP contribution in [0.1, 0.15) is 19.4 Å². The van der Waals surface area contributed by atoms with Crippen LogP contribution in [0.3, 0.4) is 0 Å². The van der Waals surface area contributed by atoms with Crippen molar-refractivity contribution in [2.24, 2.45) is 4.99 Å². The molecule has 0 atom stereocenters. The number of nitrogens with zero attached hydrogens (tertiary/aromatic N) is 2. The first-order chi connectivity index (χ1) is 10.5. The molecule has 0 unspecified atom stereocenters. The molecule has 2 rings (SSSR count). The fourth-order valence-electron chi connectivity index (χ4n) is 2.04. The van der Waals surface area contributed by atoms with Crippen LogP contribution in [0.2, 0.25) is 0 Å². The first-order valence-electron chi connectivity index (χ1n) is 6.84. The van der Waals surface area contributed by atoms with Gasteiger partial charge in [0.15, 0.2) is 16.7 Å². The zero-order chi connectivity index (χ0) is 16.3. The van der Waals surface area contributed by atoms with Gasteiger partial charge in [0.25, 0.3) is 5.91 Å². The number of carbonyl (C=O) groups is 1. The highest BCUT2D eigenvalue weighted by Gasteiger charge is 2.32. The van der Waals surface area contributed by atoms with E-state index in [4.69, 9.17) is 4.74 Å². The molecule has 5 nitrogen and oxygen atoms in total. The molecule has 118 valence electrons. The molecule has 7 heteroatoms. The fraction of sp³-hybridized carbons (Fsp3) is 0.333. The Kier molecular flexibility index (Phi) is 5.52. The van der Waals surface area contributed by atoms with E-state index in [1.807, 2.05) is 13.8 Å². The predicted octanol–water partition coefficient (Wildman–Crippen LogP) is 3.48. The minimum Gasteiger partial charge on any atom is -0.504 e. The molecule has 1 saturated heterocycles. The molecule has 1 aliphatic rings. The van der Waals surface area contributed by atoms with E-state index < -0.39 is 0 Å². The summed E-state index contributed by atoms with van der Waals surface area (Å²) in [6.07, 6.45) is 1.66. The van der Waals surface area contributed by atoms with Gasteiger partial charge in [-0.25, -0.2) is 0 Å². The van der Waals surface area contributed by atoms with Gasteiger partial charge in [0.1, 0.15) is 0 Å². The average molecular weight is 385 g/mol. The normalized spacial score (nSPS) is 18.5. The summed E-state index contributed by atoms with van der Waals surface area (Å²) in [5.41, 5.74) is 0.524. The number of amidine groups is 1. The number of phenols is 1. The molecule has 1 N–H and O–H groups in total. The minimum absolute atomic E-state index is 0.00975. The van der Waals surface area contributed by atoms with Crippen LogP contribution >= 0.6 is 27.7 Å². The van der Waals surface area contributed by atoms with Crippen molar-refractivity contribution in [2.75, 3.05) is 20.2 Å². The summed E-state index contributed by atoms with van der Waals surface area (Å²) in [6.45, 7) is 5.02. The second-order valence-corrected chi connectivity index (χ2v) is 6.39. The topological polar surface area (TPSA) is 62.1 Å². The van der Waals surface area contributed by atoms with Crippen LogP contribution in [-0.4, -0.2) is 41.3 Å². The molecule has 0 bridgehead atoms. The van der Waals surface area contributed by atoms with Crippen LogP contribution in [0.5, 0.6) is 11.5 Å². The summed E-state index contributed by atoms with van der Waals surface area (Å²) >= 11 is 4.69. The van der Waals surface area contributed by atoms with Gasteiger partial charge in [0, 0.05) is 23.1 Å². The van der Waals surface area contributed by atoms with E-state index in [0.717, 1.165) is 4.47 Å². The molecule has 0 aliphatic carbocycles. The quantitative estimate of drug-likeness (QED) is 0.807. The van der Waals surface area contributed by atoms with E-state index in [9.17, 15) is 9.90 Å². The Labute approximate surface area is 142 Å². The molecule has 22 heavy (non-hydrogen) atoms. The van der Waals surface area contributed by atoms with Gasteiger partial charge >= 0.3 is 0 Å². The Balaban J connectivity index is 2.44. The smallest absolute Gasteiger partial charge is 0.266 e. The van der Waals surface area contributed by atoms with Crippen molar-refractivity contribution < 1.29 is 14.6 Å².